The van der Waals surface area contributed by atoms with Crippen molar-refractivity contribution >= 4 is 8.80 Å². The quantitative estimate of drug-likeness (QED) is 0.284. The Labute approximate surface area is 133 Å². The summed E-state index contributed by atoms with van der Waals surface area (Å²) in [4.78, 5) is 26.6. The standard InChI is InChI=1S/C17H38O3Si/c1-2-3-4-5-6-7-8-9-10-11-12-13-14-15-16-17-21(18,19)20/h18-20H,2-17H2,1H3. The lowest BCUT2D eigenvalue weighted by Crippen LogP contribution is -2.33. The van der Waals surface area contributed by atoms with Crippen molar-refractivity contribution in [3.8, 4) is 0 Å². The van der Waals surface area contributed by atoms with Crippen molar-refractivity contribution in [1.82, 2.24) is 0 Å². The monoisotopic (exact) mass is 318 g/mol. The van der Waals surface area contributed by atoms with E-state index < -0.39 is 8.80 Å². The highest BCUT2D eigenvalue weighted by molar-refractivity contribution is 6.56. The molecule has 0 spiro atoms. The second-order valence-electron chi connectivity index (χ2n) is 6.47. The highest BCUT2D eigenvalue weighted by atomic mass is 28.4. The van der Waals surface area contributed by atoms with Crippen molar-refractivity contribution in [3.05, 3.63) is 0 Å². The molecular formula is C17H38O3Si. The fourth-order valence-electron chi connectivity index (χ4n) is 2.73. The van der Waals surface area contributed by atoms with E-state index >= 15 is 0 Å². The summed E-state index contributed by atoms with van der Waals surface area (Å²) in [6.45, 7) is 2.26. The van der Waals surface area contributed by atoms with Gasteiger partial charge in [-0.2, -0.15) is 0 Å². The first-order chi connectivity index (χ1) is 10.1. The van der Waals surface area contributed by atoms with Crippen LogP contribution >= 0.6 is 0 Å². The first-order valence-corrected chi connectivity index (χ1v) is 11.3. The highest BCUT2D eigenvalue weighted by Crippen LogP contribution is 2.14. The Morgan fingerprint density at radius 1 is 0.476 bits per heavy atom. The second-order valence-corrected chi connectivity index (χ2v) is 8.52. The molecule has 0 aliphatic carbocycles. The maximum Gasteiger partial charge on any atom is 0.492 e. The van der Waals surface area contributed by atoms with Crippen molar-refractivity contribution in [3.63, 3.8) is 0 Å². The van der Waals surface area contributed by atoms with Crippen molar-refractivity contribution < 1.29 is 14.4 Å². The van der Waals surface area contributed by atoms with E-state index in [1.54, 1.807) is 0 Å². The van der Waals surface area contributed by atoms with Gasteiger partial charge in [0.05, 0.1) is 0 Å². The number of hydrogen-bond donors (Lipinski definition) is 3. The van der Waals surface area contributed by atoms with E-state index in [0.29, 0.717) is 0 Å². The normalized spacial score (nSPS) is 12.0. The molecule has 0 saturated carbocycles. The number of rotatable bonds is 16. The van der Waals surface area contributed by atoms with Crippen LogP contribution in [0.2, 0.25) is 6.04 Å². The summed E-state index contributed by atoms with van der Waals surface area (Å²) in [5, 5.41) is 0. The molecule has 0 aliphatic rings. The average molecular weight is 319 g/mol. The molecule has 0 fully saturated rings. The third-order valence-corrected chi connectivity index (χ3v) is 5.14. The highest BCUT2D eigenvalue weighted by Gasteiger charge is 2.25. The largest absolute Gasteiger partial charge is 0.492 e. The molecule has 0 amide bonds. The SMILES string of the molecule is CCCCCCCCCCCCCCCCC[Si](O)(O)O. The molecule has 0 bridgehead atoms. The van der Waals surface area contributed by atoms with Crippen LogP contribution in [0, 0.1) is 0 Å². The minimum absolute atomic E-state index is 0.200. The molecule has 0 aliphatic heterocycles. The zero-order valence-electron chi connectivity index (χ0n) is 14.2. The molecule has 4 heteroatoms. The Bertz CT molecular complexity index is 205. The molecule has 128 valence electrons. The van der Waals surface area contributed by atoms with Gasteiger partial charge < -0.3 is 14.4 Å². The summed E-state index contributed by atoms with van der Waals surface area (Å²) < 4.78 is 0. The van der Waals surface area contributed by atoms with Gasteiger partial charge in [0.1, 0.15) is 0 Å². The minimum Gasteiger partial charge on any atom is -0.390 e. The van der Waals surface area contributed by atoms with Gasteiger partial charge in [-0.15, -0.1) is 0 Å². The van der Waals surface area contributed by atoms with E-state index in [1.807, 2.05) is 0 Å². The van der Waals surface area contributed by atoms with Gasteiger partial charge in [0.15, 0.2) is 0 Å². The Morgan fingerprint density at radius 2 is 0.762 bits per heavy atom. The summed E-state index contributed by atoms with van der Waals surface area (Å²) in [5.74, 6) is 0. The Morgan fingerprint density at radius 3 is 1.05 bits per heavy atom. The Hall–Kier alpha value is 0.0969. The zero-order valence-corrected chi connectivity index (χ0v) is 15.2. The molecule has 3 N–H and O–H groups in total. The van der Waals surface area contributed by atoms with Gasteiger partial charge in [0.25, 0.3) is 0 Å². The predicted molar refractivity (Wildman–Crippen MR) is 92.1 cm³/mol. The molecule has 21 heavy (non-hydrogen) atoms. The van der Waals surface area contributed by atoms with Crippen LogP contribution in [0.3, 0.4) is 0 Å². The lowest BCUT2D eigenvalue weighted by Gasteiger charge is -2.08. The summed E-state index contributed by atoms with van der Waals surface area (Å²) in [7, 11) is -3.76. The van der Waals surface area contributed by atoms with Crippen molar-refractivity contribution in [2.24, 2.45) is 0 Å². The first kappa shape index (κ1) is 21.1. The van der Waals surface area contributed by atoms with Crippen LogP contribution in [0.4, 0.5) is 0 Å². The van der Waals surface area contributed by atoms with Crippen LogP contribution < -0.4 is 0 Å². The van der Waals surface area contributed by atoms with E-state index in [9.17, 15) is 0 Å². The molecule has 0 aromatic carbocycles. The molecule has 0 heterocycles. The summed E-state index contributed by atoms with van der Waals surface area (Å²) in [6.07, 6.45) is 19.4. The maximum atomic E-state index is 8.87. The Balaban J connectivity index is 3.00. The fraction of sp³-hybridized carbons (Fsp3) is 1.00. The fourth-order valence-corrected chi connectivity index (χ4v) is 3.46. The van der Waals surface area contributed by atoms with Gasteiger partial charge in [-0.3, -0.25) is 0 Å². The van der Waals surface area contributed by atoms with E-state index in [4.69, 9.17) is 14.4 Å². The van der Waals surface area contributed by atoms with E-state index in [-0.39, 0.29) is 6.04 Å². The van der Waals surface area contributed by atoms with Gasteiger partial charge in [-0.25, -0.2) is 0 Å². The van der Waals surface area contributed by atoms with Gasteiger partial charge in [-0.1, -0.05) is 96.8 Å². The molecule has 0 atom stereocenters. The van der Waals surface area contributed by atoms with Gasteiger partial charge in [0.2, 0.25) is 0 Å². The third kappa shape index (κ3) is 20.1. The van der Waals surface area contributed by atoms with E-state index in [0.717, 1.165) is 19.3 Å². The van der Waals surface area contributed by atoms with E-state index in [2.05, 4.69) is 6.92 Å². The second kappa shape index (κ2) is 15.0. The van der Waals surface area contributed by atoms with Crippen LogP contribution in [0.1, 0.15) is 103 Å². The van der Waals surface area contributed by atoms with Crippen LogP contribution in [0.25, 0.3) is 0 Å². The van der Waals surface area contributed by atoms with Crippen LogP contribution in [0.5, 0.6) is 0 Å². The summed E-state index contributed by atoms with van der Waals surface area (Å²) >= 11 is 0. The zero-order chi connectivity index (χ0) is 15.8. The molecule has 0 unspecified atom stereocenters. The van der Waals surface area contributed by atoms with Crippen LogP contribution in [-0.2, 0) is 0 Å². The molecule has 0 saturated heterocycles. The van der Waals surface area contributed by atoms with Crippen LogP contribution in [-0.4, -0.2) is 23.2 Å². The van der Waals surface area contributed by atoms with Crippen molar-refractivity contribution in [2.75, 3.05) is 0 Å². The summed E-state index contributed by atoms with van der Waals surface area (Å²) in [6, 6.07) is 0.200. The molecule has 0 rings (SSSR count). The number of unbranched alkanes of at least 4 members (excludes halogenated alkanes) is 14. The molecule has 0 aromatic heterocycles. The van der Waals surface area contributed by atoms with Crippen molar-refractivity contribution in [1.29, 1.82) is 0 Å². The van der Waals surface area contributed by atoms with Gasteiger partial charge in [-0.05, 0) is 6.42 Å². The number of hydrogen-bond acceptors (Lipinski definition) is 3. The molecular weight excluding hydrogens is 280 g/mol. The topological polar surface area (TPSA) is 60.7 Å². The molecule has 3 nitrogen and oxygen atoms in total. The lowest BCUT2D eigenvalue weighted by atomic mass is 10.0. The minimum atomic E-state index is -3.76. The lowest BCUT2D eigenvalue weighted by molar-refractivity contribution is 0.226. The maximum absolute atomic E-state index is 8.87. The predicted octanol–water partition coefficient (Wildman–Crippen LogP) is 4.77. The van der Waals surface area contributed by atoms with E-state index in [1.165, 1.54) is 77.0 Å². The first-order valence-electron chi connectivity index (χ1n) is 9.23. The third-order valence-electron chi connectivity index (χ3n) is 4.12. The smallest absolute Gasteiger partial charge is 0.390 e. The van der Waals surface area contributed by atoms with Gasteiger partial charge >= 0.3 is 8.80 Å². The van der Waals surface area contributed by atoms with Gasteiger partial charge in [0, 0.05) is 6.04 Å². The molecule has 0 aromatic rings. The summed E-state index contributed by atoms with van der Waals surface area (Å²) in [5.41, 5.74) is 0. The van der Waals surface area contributed by atoms with Crippen LogP contribution in [0.15, 0.2) is 0 Å². The average Bonchev–Trinajstić information content (AvgIpc) is 2.42. The molecule has 0 radical (unpaired) electrons. The van der Waals surface area contributed by atoms with Crippen molar-refractivity contribution in [2.45, 2.75) is 109 Å². The Kier molecular flexibility index (Phi) is 15.1.